The lowest BCUT2D eigenvalue weighted by atomic mass is 10.1. The Labute approximate surface area is 110 Å². The van der Waals surface area contributed by atoms with E-state index in [1.165, 1.54) is 0 Å². The molecule has 1 aromatic rings. The number of aliphatic carboxylic acids is 1. The minimum Gasteiger partial charge on any atom is -0.481 e. The number of rotatable bonds is 2. The molecule has 7 nitrogen and oxygen atoms in total. The molecule has 1 aliphatic heterocycles. The second-order valence-electron chi connectivity index (χ2n) is 5.82. The third-order valence-corrected chi connectivity index (χ3v) is 4.31. The van der Waals surface area contributed by atoms with Crippen molar-refractivity contribution in [2.45, 2.75) is 26.9 Å². The average molecular weight is 264 g/mol. The van der Waals surface area contributed by atoms with Gasteiger partial charge in [-0.1, -0.05) is 13.8 Å². The Bertz CT molecular complexity index is 551. The van der Waals surface area contributed by atoms with Gasteiger partial charge in [0.2, 0.25) is 5.91 Å². The molecule has 0 radical (unpaired) electrons. The molecule has 2 heterocycles. The third kappa shape index (κ3) is 1.72. The molecule has 19 heavy (non-hydrogen) atoms. The molecule has 2 atom stereocenters. The number of carbonyl (C=O) groups excluding carboxylic acids is 1. The van der Waals surface area contributed by atoms with E-state index < -0.39 is 23.2 Å². The minimum absolute atomic E-state index is 0.0772. The van der Waals surface area contributed by atoms with Gasteiger partial charge in [-0.25, -0.2) is 0 Å². The molecule has 3 rings (SSSR count). The van der Waals surface area contributed by atoms with Crippen LogP contribution in [-0.2, 0) is 22.7 Å². The van der Waals surface area contributed by atoms with Gasteiger partial charge in [-0.3, -0.25) is 9.59 Å². The summed E-state index contributed by atoms with van der Waals surface area (Å²) in [4.78, 5) is 25.3. The standard InChI is InChI=1S/C12H16N4O3/c1-12(2)8(9(12)11(18)19)10(17)15-3-4-16-6-13-14-7(16)5-15/h6,8-9H,3-5H2,1-2H3,(H,18,19). The highest BCUT2D eigenvalue weighted by atomic mass is 16.4. The Morgan fingerprint density at radius 3 is 2.74 bits per heavy atom. The smallest absolute Gasteiger partial charge is 0.307 e. The number of hydrogen-bond donors (Lipinski definition) is 1. The monoisotopic (exact) mass is 264 g/mol. The van der Waals surface area contributed by atoms with Crippen LogP contribution in [0.3, 0.4) is 0 Å². The molecule has 1 saturated carbocycles. The summed E-state index contributed by atoms with van der Waals surface area (Å²) in [6, 6.07) is 0. The van der Waals surface area contributed by atoms with E-state index in [-0.39, 0.29) is 5.91 Å². The van der Waals surface area contributed by atoms with Crippen molar-refractivity contribution in [2.75, 3.05) is 6.54 Å². The van der Waals surface area contributed by atoms with Crippen molar-refractivity contribution in [1.29, 1.82) is 0 Å². The molecule has 1 fully saturated rings. The van der Waals surface area contributed by atoms with Crippen LogP contribution in [-0.4, -0.2) is 43.2 Å². The summed E-state index contributed by atoms with van der Waals surface area (Å²) in [7, 11) is 0. The van der Waals surface area contributed by atoms with Gasteiger partial charge in [-0.15, -0.1) is 10.2 Å². The van der Waals surface area contributed by atoms with Crippen LogP contribution in [0, 0.1) is 17.3 Å². The van der Waals surface area contributed by atoms with Crippen molar-refractivity contribution in [3.8, 4) is 0 Å². The number of nitrogens with zero attached hydrogens (tertiary/aromatic N) is 4. The van der Waals surface area contributed by atoms with E-state index in [9.17, 15) is 9.59 Å². The maximum Gasteiger partial charge on any atom is 0.307 e. The lowest BCUT2D eigenvalue weighted by molar-refractivity contribution is -0.142. The molecule has 1 N–H and O–H groups in total. The van der Waals surface area contributed by atoms with E-state index in [4.69, 9.17) is 5.11 Å². The van der Waals surface area contributed by atoms with E-state index in [2.05, 4.69) is 10.2 Å². The Balaban J connectivity index is 1.75. The van der Waals surface area contributed by atoms with Crippen molar-refractivity contribution in [2.24, 2.45) is 17.3 Å². The molecule has 1 amide bonds. The molecule has 2 unspecified atom stereocenters. The van der Waals surface area contributed by atoms with Crippen molar-refractivity contribution in [3.63, 3.8) is 0 Å². The fourth-order valence-electron chi connectivity index (χ4n) is 3.01. The summed E-state index contributed by atoms with van der Waals surface area (Å²) in [6.45, 7) is 5.33. The van der Waals surface area contributed by atoms with Crippen molar-refractivity contribution in [3.05, 3.63) is 12.2 Å². The SMILES string of the molecule is CC1(C)C(C(=O)O)C1C(=O)N1CCn2cnnc2C1. The first-order valence-corrected chi connectivity index (χ1v) is 6.31. The highest BCUT2D eigenvalue weighted by molar-refractivity contribution is 5.91. The molecule has 2 aliphatic rings. The largest absolute Gasteiger partial charge is 0.481 e. The summed E-state index contributed by atoms with van der Waals surface area (Å²) < 4.78 is 1.91. The molecule has 1 aromatic heterocycles. The molecule has 102 valence electrons. The Morgan fingerprint density at radius 2 is 2.11 bits per heavy atom. The zero-order valence-electron chi connectivity index (χ0n) is 10.9. The van der Waals surface area contributed by atoms with Gasteiger partial charge in [-0.2, -0.15) is 0 Å². The van der Waals surface area contributed by atoms with E-state index in [0.717, 1.165) is 5.82 Å². The van der Waals surface area contributed by atoms with Crippen LogP contribution in [0.1, 0.15) is 19.7 Å². The lowest BCUT2D eigenvalue weighted by Crippen LogP contribution is -2.40. The van der Waals surface area contributed by atoms with E-state index in [1.54, 1.807) is 11.2 Å². The van der Waals surface area contributed by atoms with Gasteiger partial charge in [0.25, 0.3) is 0 Å². The van der Waals surface area contributed by atoms with Crippen LogP contribution in [0.4, 0.5) is 0 Å². The van der Waals surface area contributed by atoms with E-state index >= 15 is 0 Å². The van der Waals surface area contributed by atoms with Gasteiger partial charge in [0.05, 0.1) is 18.4 Å². The van der Waals surface area contributed by atoms with Crippen molar-refractivity contribution < 1.29 is 14.7 Å². The van der Waals surface area contributed by atoms with Gasteiger partial charge in [0, 0.05) is 13.1 Å². The first-order chi connectivity index (χ1) is 8.93. The van der Waals surface area contributed by atoms with Crippen molar-refractivity contribution >= 4 is 11.9 Å². The molecule has 0 saturated heterocycles. The van der Waals surface area contributed by atoms with Gasteiger partial charge in [0.15, 0.2) is 5.82 Å². The van der Waals surface area contributed by atoms with Crippen LogP contribution < -0.4 is 0 Å². The van der Waals surface area contributed by atoms with Gasteiger partial charge in [-0.05, 0) is 5.41 Å². The van der Waals surface area contributed by atoms with Crippen LogP contribution in [0.25, 0.3) is 0 Å². The molecule has 1 aliphatic carbocycles. The zero-order chi connectivity index (χ0) is 13.8. The number of amides is 1. The number of hydrogen-bond acceptors (Lipinski definition) is 4. The highest BCUT2D eigenvalue weighted by Crippen LogP contribution is 2.59. The van der Waals surface area contributed by atoms with E-state index in [0.29, 0.717) is 19.6 Å². The minimum atomic E-state index is -0.886. The molecular formula is C12H16N4O3. The van der Waals surface area contributed by atoms with Gasteiger partial charge < -0.3 is 14.6 Å². The molecule has 7 heteroatoms. The average Bonchev–Trinajstić information content (AvgIpc) is 2.73. The van der Waals surface area contributed by atoms with Gasteiger partial charge >= 0.3 is 5.97 Å². The van der Waals surface area contributed by atoms with Crippen LogP contribution in [0.15, 0.2) is 6.33 Å². The van der Waals surface area contributed by atoms with E-state index in [1.807, 2.05) is 18.4 Å². The fraction of sp³-hybridized carbons (Fsp3) is 0.667. The number of carbonyl (C=O) groups is 2. The summed E-state index contributed by atoms with van der Waals surface area (Å²) in [6.07, 6.45) is 1.65. The lowest BCUT2D eigenvalue weighted by Gasteiger charge is -2.27. The Morgan fingerprint density at radius 1 is 1.37 bits per heavy atom. The predicted octanol–water partition coefficient (Wildman–Crippen LogP) is -0.0229. The summed E-state index contributed by atoms with van der Waals surface area (Å²) >= 11 is 0. The number of fused-ring (bicyclic) bond motifs is 1. The molecule has 0 bridgehead atoms. The van der Waals surface area contributed by atoms with Crippen LogP contribution in [0.2, 0.25) is 0 Å². The third-order valence-electron chi connectivity index (χ3n) is 4.31. The topological polar surface area (TPSA) is 88.3 Å². The first kappa shape index (κ1) is 12.1. The predicted molar refractivity (Wildman–Crippen MR) is 63.8 cm³/mol. The fourth-order valence-corrected chi connectivity index (χ4v) is 3.01. The van der Waals surface area contributed by atoms with Crippen LogP contribution >= 0.6 is 0 Å². The normalized spacial score (nSPS) is 27.8. The van der Waals surface area contributed by atoms with Crippen LogP contribution in [0.5, 0.6) is 0 Å². The zero-order valence-corrected chi connectivity index (χ0v) is 10.9. The molecule has 0 spiro atoms. The maximum absolute atomic E-state index is 12.4. The summed E-state index contributed by atoms with van der Waals surface area (Å²) in [5.74, 6) is -1.20. The quantitative estimate of drug-likeness (QED) is 0.810. The Hall–Kier alpha value is -1.92. The second-order valence-corrected chi connectivity index (χ2v) is 5.82. The van der Waals surface area contributed by atoms with Crippen molar-refractivity contribution in [1.82, 2.24) is 19.7 Å². The maximum atomic E-state index is 12.4. The molecule has 0 aromatic carbocycles. The number of aromatic nitrogens is 3. The Kier molecular flexibility index (Phi) is 2.42. The number of carboxylic acid groups (broad SMARTS) is 1. The van der Waals surface area contributed by atoms with Gasteiger partial charge in [0.1, 0.15) is 6.33 Å². The molecular weight excluding hydrogens is 248 g/mol. The second kappa shape index (κ2) is 3.79. The summed E-state index contributed by atoms with van der Waals surface area (Å²) in [5.41, 5.74) is -0.450. The highest BCUT2D eigenvalue weighted by Gasteiger charge is 2.66. The number of carboxylic acids is 1. The first-order valence-electron chi connectivity index (χ1n) is 6.31. The summed E-state index contributed by atoms with van der Waals surface area (Å²) in [5, 5.41) is 16.9.